The van der Waals surface area contributed by atoms with E-state index in [0.717, 1.165) is 5.56 Å². The molecule has 3 rings (SSSR count). The Labute approximate surface area is 151 Å². The molecule has 2 aromatic carbocycles. The van der Waals surface area contributed by atoms with Gasteiger partial charge in [-0.15, -0.1) is 0 Å². The highest BCUT2D eigenvalue weighted by Crippen LogP contribution is 2.21. The Kier molecular flexibility index (Phi) is 5.41. The number of rotatable bonds is 5. The van der Waals surface area contributed by atoms with Gasteiger partial charge in [0.1, 0.15) is 11.5 Å². The molecular weight excluding hydrogens is 333 g/mol. The lowest BCUT2D eigenvalue weighted by Gasteiger charge is -2.23. The number of carbonyl (C=O) groups excluding carboxylic acids is 2. The highest BCUT2D eigenvalue weighted by atomic mass is 19.1. The Morgan fingerprint density at radius 2 is 2.00 bits per heavy atom. The topological polar surface area (TPSA) is 61.8 Å². The summed E-state index contributed by atoms with van der Waals surface area (Å²) in [5, 5.41) is 8.26. The lowest BCUT2D eigenvalue weighted by molar-refractivity contribution is -0.118. The van der Waals surface area contributed by atoms with E-state index in [4.69, 9.17) is 0 Å². The van der Waals surface area contributed by atoms with Crippen LogP contribution in [0.1, 0.15) is 24.0 Å². The maximum absolute atomic E-state index is 13.6. The molecule has 0 radical (unpaired) electrons. The van der Waals surface area contributed by atoms with Crippen LogP contribution in [0.5, 0.6) is 0 Å². The molecule has 1 aliphatic heterocycles. The van der Waals surface area contributed by atoms with Crippen molar-refractivity contribution in [3.8, 4) is 0 Å². The first kappa shape index (κ1) is 17.8. The van der Waals surface area contributed by atoms with E-state index in [9.17, 15) is 14.0 Å². The third-order valence-electron chi connectivity index (χ3n) is 4.18. The molecule has 1 aliphatic rings. The number of nitrogens with zero attached hydrogens (tertiary/aromatic N) is 2. The van der Waals surface area contributed by atoms with E-state index in [0.29, 0.717) is 36.3 Å². The number of hydrazone groups is 1. The van der Waals surface area contributed by atoms with Crippen molar-refractivity contribution in [1.82, 2.24) is 5.32 Å². The van der Waals surface area contributed by atoms with E-state index in [1.54, 1.807) is 24.3 Å². The summed E-state index contributed by atoms with van der Waals surface area (Å²) in [6.07, 6.45) is 0.923. The minimum atomic E-state index is -0.327. The fourth-order valence-corrected chi connectivity index (χ4v) is 2.79. The average Bonchev–Trinajstić information content (AvgIpc) is 2.63. The summed E-state index contributed by atoms with van der Waals surface area (Å²) in [6.45, 7) is 2.23. The van der Waals surface area contributed by atoms with Crippen LogP contribution >= 0.6 is 0 Å². The van der Waals surface area contributed by atoms with E-state index in [-0.39, 0.29) is 24.1 Å². The van der Waals surface area contributed by atoms with Crippen molar-refractivity contribution < 1.29 is 14.0 Å². The summed E-state index contributed by atoms with van der Waals surface area (Å²) in [5.41, 5.74) is 2.51. The van der Waals surface area contributed by atoms with Gasteiger partial charge >= 0.3 is 0 Å². The maximum Gasteiger partial charge on any atom is 0.267 e. The Bertz CT molecular complexity index is 864. The summed E-state index contributed by atoms with van der Waals surface area (Å²) >= 11 is 0. The van der Waals surface area contributed by atoms with Gasteiger partial charge in [0.25, 0.3) is 5.91 Å². The zero-order valence-electron chi connectivity index (χ0n) is 14.5. The third kappa shape index (κ3) is 4.14. The zero-order valence-corrected chi connectivity index (χ0v) is 14.5. The van der Waals surface area contributed by atoms with Crippen LogP contribution in [-0.4, -0.2) is 24.1 Å². The molecule has 0 aliphatic carbocycles. The molecule has 0 saturated heterocycles. The third-order valence-corrected chi connectivity index (χ3v) is 4.18. The fraction of sp³-hybridized carbons (Fsp3) is 0.250. The van der Waals surface area contributed by atoms with Crippen LogP contribution in [0.25, 0.3) is 0 Å². The second-order valence-corrected chi connectivity index (χ2v) is 6.19. The van der Waals surface area contributed by atoms with Crippen molar-refractivity contribution in [1.29, 1.82) is 0 Å². The summed E-state index contributed by atoms with van der Waals surface area (Å²) in [6, 6.07) is 13.9. The Morgan fingerprint density at radius 3 is 2.77 bits per heavy atom. The standard InChI is InChI=1S/C20H20FN3O2/c1-14-5-4-7-16(13-14)24-19(25)10-9-18(23-24)20(26)22-12-11-15-6-2-3-8-17(15)21/h2-8,13H,9-12H2,1H3,(H,22,26). The molecule has 0 unspecified atom stereocenters. The number of anilines is 1. The molecule has 0 saturated carbocycles. The van der Waals surface area contributed by atoms with Crippen LogP contribution < -0.4 is 10.3 Å². The fourth-order valence-electron chi connectivity index (χ4n) is 2.79. The molecule has 1 N–H and O–H groups in total. The Hall–Kier alpha value is -3.02. The quantitative estimate of drug-likeness (QED) is 0.898. The van der Waals surface area contributed by atoms with Gasteiger partial charge in [-0.25, -0.2) is 9.40 Å². The van der Waals surface area contributed by atoms with E-state index < -0.39 is 0 Å². The zero-order chi connectivity index (χ0) is 18.5. The first-order valence-corrected chi connectivity index (χ1v) is 8.53. The molecule has 0 aromatic heterocycles. The van der Waals surface area contributed by atoms with Crippen LogP contribution in [0.2, 0.25) is 0 Å². The molecule has 1 heterocycles. The van der Waals surface area contributed by atoms with Crippen LogP contribution in [0.3, 0.4) is 0 Å². The second kappa shape index (κ2) is 7.91. The molecule has 6 heteroatoms. The monoisotopic (exact) mass is 353 g/mol. The minimum Gasteiger partial charge on any atom is -0.351 e. The molecule has 2 aromatic rings. The van der Waals surface area contributed by atoms with Gasteiger partial charge in [0.2, 0.25) is 5.91 Å². The Morgan fingerprint density at radius 1 is 1.19 bits per heavy atom. The van der Waals surface area contributed by atoms with Gasteiger partial charge in [-0.2, -0.15) is 5.10 Å². The number of aryl methyl sites for hydroxylation is 1. The minimum absolute atomic E-state index is 0.140. The normalized spacial score (nSPS) is 14.2. The summed E-state index contributed by atoms with van der Waals surface area (Å²) in [5.74, 6) is -0.752. The van der Waals surface area contributed by atoms with Crippen molar-refractivity contribution in [2.75, 3.05) is 11.6 Å². The molecule has 0 bridgehead atoms. The second-order valence-electron chi connectivity index (χ2n) is 6.19. The van der Waals surface area contributed by atoms with Crippen molar-refractivity contribution >= 4 is 23.2 Å². The summed E-state index contributed by atoms with van der Waals surface area (Å²) in [4.78, 5) is 24.5. The number of halogens is 1. The molecule has 26 heavy (non-hydrogen) atoms. The van der Waals surface area contributed by atoms with Gasteiger partial charge in [0.05, 0.1) is 5.69 Å². The molecule has 5 nitrogen and oxygen atoms in total. The summed E-state index contributed by atoms with van der Waals surface area (Å²) in [7, 11) is 0. The SMILES string of the molecule is Cc1cccc(N2N=C(C(=O)NCCc3ccccc3F)CCC2=O)c1. The van der Waals surface area contributed by atoms with Crippen molar-refractivity contribution in [3.63, 3.8) is 0 Å². The smallest absolute Gasteiger partial charge is 0.267 e. The van der Waals surface area contributed by atoms with Gasteiger partial charge in [-0.3, -0.25) is 9.59 Å². The van der Waals surface area contributed by atoms with Crippen molar-refractivity contribution in [2.45, 2.75) is 26.2 Å². The molecule has 0 spiro atoms. The molecule has 134 valence electrons. The van der Waals surface area contributed by atoms with Crippen molar-refractivity contribution in [3.05, 3.63) is 65.5 Å². The van der Waals surface area contributed by atoms with Crippen molar-refractivity contribution in [2.24, 2.45) is 5.10 Å². The van der Waals surface area contributed by atoms with Gasteiger partial charge in [-0.05, 0) is 42.7 Å². The van der Waals surface area contributed by atoms with Crippen LogP contribution in [0.15, 0.2) is 53.6 Å². The first-order valence-electron chi connectivity index (χ1n) is 8.53. The molecule has 0 fully saturated rings. The van der Waals surface area contributed by atoms with Gasteiger partial charge in [-0.1, -0.05) is 30.3 Å². The summed E-state index contributed by atoms with van der Waals surface area (Å²) < 4.78 is 13.6. The first-order chi connectivity index (χ1) is 12.5. The molecule has 2 amide bonds. The Balaban J connectivity index is 1.66. The average molecular weight is 353 g/mol. The lowest BCUT2D eigenvalue weighted by Crippen LogP contribution is -2.39. The van der Waals surface area contributed by atoms with Gasteiger partial charge < -0.3 is 5.32 Å². The lowest BCUT2D eigenvalue weighted by atomic mass is 10.1. The highest BCUT2D eigenvalue weighted by Gasteiger charge is 2.25. The predicted octanol–water partition coefficient (Wildman–Crippen LogP) is 2.98. The van der Waals surface area contributed by atoms with E-state index in [1.807, 2.05) is 25.1 Å². The van der Waals surface area contributed by atoms with E-state index >= 15 is 0 Å². The largest absolute Gasteiger partial charge is 0.351 e. The van der Waals surface area contributed by atoms with Gasteiger partial charge in [0.15, 0.2) is 0 Å². The highest BCUT2D eigenvalue weighted by molar-refractivity contribution is 6.40. The van der Waals surface area contributed by atoms with Crippen LogP contribution in [-0.2, 0) is 16.0 Å². The number of carbonyl (C=O) groups is 2. The molecular formula is C20H20FN3O2. The number of hydrogen-bond acceptors (Lipinski definition) is 3. The predicted molar refractivity (Wildman–Crippen MR) is 98.4 cm³/mol. The number of hydrogen-bond donors (Lipinski definition) is 1. The van der Waals surface area contributed by atoms with E-state index in [2.05, 4.69) is 10.4 Å². The van der Waals surface area contributed by atoms with Gasteiger partial charge in [0, 0.05) is 19.4 Å². The number of benzene rings is 2. The number of amides is 2. The molecule has 0 atom stereocenters. The number of nitrogens with one attached hydrogen (secondary N) is 1. The van der Waals surface area contributed by atoms with Crippen LogP contribution in [0.4, 0.5) is 10.1 Å². The van der Waals surface area contributed by atoms with E-state index in [1.165, 1.54) is 11.1 Å². The van der Waals surface area contributed by atoms with Crippen LogP contribution in [0, 0.1) is 12.7 Å². The maximum atomic E-state index is 13.6.